The molecular formula is C20H25N3O4. The molecule has 2 aromatic rings. The maximum absolute atomic E-state index is 10.8. The minimum atomic E-state index is -0.368. The van der Waals surface area contributed by atoms with Crippen molar-refractivity contribution in [2.24, 2.45) is 0 Å². The molecule has 3 rings (SSSR count). The molecule has 0 radical (unpaired) electrons. The normalized spacial score (nSPS) is 17.6. The van der Waals surface area contributed by atoms with Crippen molar-refractivity contribution in [2.45, 2.75) is 19.5 Å². The Kier molecular flexibility index (Phi) is 5.81. The van der Waals surface area contributed by atoms with Gasteiger partial charge in [-0.25, -0.2) is 0 Å². The summed E-state index contributed by atoms with van der Waals surface area (Å²) in [7, 11) is 3.28. The molecule has 0 N–H and O–H groups in total. The van der Waals surface area contributed by atoms with Crippen LogP contribution in [0, 0.1) is 10.1 Å². The molecule has 1 aliphatic heterocycles. The minimum absolute atomic E-state index is 0.124. The van der Waals surface area contributed by atoms with Crippen molar-refractivity contribution >= 4 is 11.4 Å². The monoisotopic (exact) mass is 371 g/mol. The van der Waals surface area contributed by atoms with Crippen LogP contribution in [0.15, 0.2) is 42.5 Å². The van der Waals surface area contributed by atoms with E-state index < -0.39 is 0 Å². The van der Waals surface area contributed by atoms with Gasteiger partial charge in [-0.3, -0.25) is 15.0 Å². The van der Waals surface area contributed by atoms with E-state index in [1.165, 1.54) is 5.56 Å². The quantitative estimate of drug-likeness (QED) is 0.573. The van der Waals surface area contributed by atoms with Crippen molar-refractivity contribution in [1.29, 1.82) is 0 Å². The Labute approximate surface area is 159 Å². The third-order valence-electron chi connectivity index (χ3n) is 5.02. The van der Waals surface area contributed by atoms with Crippen LogP contribution in [0.2, 0.25) is 0 Å². The van der Waals surface area contributed by atoms with Gasteiger partial charge >= 0.3 is 0 Å². The molecule has 0 aliphatic carbocycles. The Morgan fingerprint density at radius 3 is 2.37 bits per heavy atom. The first-order chi connectivity index (χ1) is 13.0. The van der Waals surface area contributed by atoms with Gasteiger partial charge in [-0.1, -0.05) is 6.07 Å². The fourth-order valence-corrected chi connectivity index (χ4v) is 3.46. The maximum Gasteiger partial charge on any atom is 0.269 e. The molecule has 0 spiro atoms. The largest absolute Gasteiger partial charge is 0.493 e. The molecule has 1 fully saturated rings. The van der Waals surface area contributed by atoms with E-state index in [-0.39, 0.29) is 10.6 Å². The zero-order valence-corrected chi connectivity index (χ0v) is 15.9. The molecule has 1 heterocycles. The number of non-ortho nitro benzene ring substituents is 1. The minimum Gasteiger partial charge on any atom is -0.493 e. The van der Waals surface area contributed by atoms with Crippen molar-refractivity contribution in [2.75, 3.05) is 38.8 Å². The van der Waals surface area contributed by atoms with E-state index in [0.717, 1.165) is 43.4 Å². The molecule has 0 amide bonds. The second-order valence-electron chi connectivity index (χ2n) is 6.73. The van der Waals surface area contributed by atoms with Gasteiger partial charge in [0, 0.05) is 50.0 Å². The first-order valence-electron chi connectivity index (χ1n) is 8.96. The van der Waals surface area contributed by atoms with Gasteiger partial charge in [0.2, 0.25) is 0 Å². The lowest BCUT2D eigenvalue weighted by molar-refractivity contribution is -0.384. The smallest absolute Gasteiger partial charge is 0.269 e. The molecule has 144 valence electrons. The Balaban J connectivity index is 1.64. The molecule has 0 unspecified atom stereocenters. The third-order valence-corrected chi connectivity index (χ3v) is 5.02. The van der Waals surface area contributed by atoms with Gasteiger partial charge in [-0.2, -0.15) is 0 Å². The van der Waals surface area contributed by atoms with Crippen LogP contribution < -0.4 is 14.4 Å². The van der Waals surface area contributed by atoms with Gasteiger partial charge in [0.05, 0.1) is 19.1 Å². The number of hydrogen-bond donors (Lipinski definition) is 0. The van der Waals surface area contributed by atoms with Gasteiger partial charge in [0.15, 0.2) is 11.5 Å². The van der Waals surface area contributed by atoms with Crippen LogP contribution in [0.25, 0.3) is 0 Å². The molecule has 0 bridgehead atoms. The number of anilines is 1. The Morgan fingerprint density at radius 2 is 1.78 bits per heavy atom. The van der Waals surface area contributed by atoms with E-state index in [0.29, 0.717) is 6.04 Å². The summed E-state index contributed by atoms with van der Waals surface area (Å²) in [5.74, 6) is 1.48. The number of piperazine rings is 1. The molecule has 7 heteroatoms. The number of ether oxygens (including phenoxy) is 2. The van der Waals surface area contributed by atoms with E-state index in [9.17, 15) is 10.1 Å². The average molecular weight is 371 g/mol. The summed E-state index contributed by atoms with van der Waals surface area (Å²) in [4.78, 5) is 15.2. The average Bonchev–Trinajstić information content (AvgIpc) is 2.69. The summed E-state index contributed by atoms with van der Waals surface area (Å²) < 4.78 is 10.7. The standard InChI is InChI=1S/C20H25N3O4/c1-15-13-22(17-5-7-18(8-6-17)23(24)25)11-10-21(15)14-16-4-9-19(26-2)20(12-16)27-3/h4-9,12,15H,10-11,13-14H2,1-3H3/t15-/m0/s1. The zero-order chi connectivity index (χ0) is 19.4. The first-order valence-corrected chi connectivity index (χ1v) is 8.96. The highest BCUT2D eigenvalue weighted by Gasteiger charge is 2.24. The summed E-state index contributed by atoms with van der Waals surface area (Å²) in [5, 5.41) is 10.8. The van der Waals surface area contributed by atoms with Crippen LogP contribution in [0.1, 0.15) is 12.5 Å². The molecule has 0 aromatic heterocycles. The molecular weight excluding hydrogens is 346 g/mol. The lowest BCUT2D eigenvalue weighted by Crippen LogP contribution is -2.51. The van der Waals surface area contributed by atoms with E-state index in [1.807, 2.05) is 24.3 Å². The number of nitrogens with zero attached hydrogens (tertiary/aromatic N) is 3. The highest BCUT2D eigenvalue weighted by Crippen LogP contribution is 2.29. The van der Waals surface area contributed by atoms with Crippen LogP contribution in [-0.4, -0.2) is 49.7 Å². The second kappa shape index (κ2) is 8.26. The van der Waals surface area contributed by atoms with E-state index in [4.69, 9.17) is 9.47 Å². The van der Waals surface area contributed by atoms with Crippen molar-refractivity contribution in [3.8, 4) is 11.5 Å². The number of methoxy groups -OCH3 is 2. The molecule has 2 aromatic carbocycles. The van der Waals surface area contributed by atoms with Crippen LogP contribution in [0.3, 0.4) is 0 Å². The summed E-state index contributed by atoms with van der Waals surface area (Å²) >= 11 is 0. The number of rotatable bonds is 6. The van der Waals surface area contributed by atoms with Crippen LogP contribution >= 0.6 is 0 Å². The first kappa shape index (κ1) is 19.0. The van der Waals surface area contributed by atoms with Gasteiger partial charge in [0.25, 0.3) is 5.69 Å². The van der Waals surface area contributed by atoms with E-state index in [2.05, 4.69) is 22.8 Å². The SMILES string of the molecule is COc1ccc(CN2CCN(c3ccc([N+](=O)[O-])cc3)C[C@@H]2C)cc1OC. The Hall–Kier alpha value is -2.80. The highest BCUT2D eigenvalue weighted by atomic mass is 16.6. The fourth-order valence-electron chi connectivity index (χ4n) is 3.46. The highest BCUT2D eigenvalue weighted by molar-refractivity contribution is 5.51. The summed E-state index contributed by atoms with van der Waals surface area (Å²) in [6.45, 7) is 5.74. The van der Waals surface area contributed by atoms with Gasteiger partial charge in [0.1, 0.15) is 0 Å². The predicted molar refractivity (Wildman–Crippen MR) is 105 cm³/mol. The van der Waals surface area contributed by atoms with Crippen molar-refractivity contribution < 1.29 is 14.4 Å². The number of hydrogen-bond acceptors (Lipinski definition) is 6. The summed E-state index contributed by atoms with van der Waals surface area (Å²) in [6, 6.07) is 13.2. The predicted octanol–water partition coefficient (Wildman–Crippen LogP) is 3.32. The fraction of sp³-hybridized carbons (Fsp3) is 0.400. The summed E-state index contributed by atoms with van der Waals surface area (Å²) in [6.07, 6.45) is 0. The maximum atomic E-state index is 10.8. The third kappa shape index (κ3) is 4.31. The molecule has 1 aliphatic rings. The molecule has 27 heavy (non-hydrogen) atoms. The summed E-state index contributed by atoms with van der Waals surface area (Å²) in [5.41, 5.74) is 2.33. The number of nitro benzene ring substituents is 1. The number of benzene rings is 2. The zero-order valence-electron chi connectivity index (χ0n) is 15.9. The van der Waals surface area contributed by atoms with Gasteiger partial charge < -0.3 is 14.4 Å². The Bertz CT molecular complexity index is 794. The molecule has 1 atom stereocenters. The second-order valence-corrected chi connectivity index (χ2v) is 6.73. The molecule has 7 nitrogen and oxygen atoms in total. The van der Waals surface area contributed by atoms with Crippen molar-refractivity contribution in [3.63, 3.8) is 0 Å². The Morgan fingerprint density at radius 1 is 1.07 bits per heavy atom. The number of nitro groups is 1. The van der Waals surface area contributed by atoms with E-state index in [1.54, 1.807) is 26.4 Å². The molecule has 0 saturated carbocycles. The lowest BCUT2D eigenvalue weighted by atomic mass is 10.1. The van der Waals surface area contributed by atoms with Crippen LogP contribution in [-0.2, 0) is 6.54 Å². The van der Waals surface area contributed by atoms with Crippen molar-refractivity contribution in [1.82, 2.24) is 4.90 Å². The van der Waals surface area contributed by atoms with Gasteiger partial charge in [-0.05, 0) is 36.8 Å². The van der Waals surface area contributed by atoms with Crippen LogP contribution in [0.5, 0.6) is 11.5 Å². The van der Waals surface area contributed by atoms with E-state index >= 15 is 0 Å². The van der Waals surface area contributed by atoms with Gasteiger partial charge in [-0.15, -0.1) is 0 Å². The molecule has 1 saturated heterocycles. The topological polar surface area (TPSA) is 68.1 Å². The lowest BCUT2D eigenvalue weighted by Gasteiger charge is -2.41. The van der Waals surface area contributed by atoms with Crippen molar-refractivity contribution in [3.05, 3.63) is 58.1 Å². The van der Waals surface area contributed by atoms with Crippen LogP contribution in [0.4, 0.5) is 11.4 Å².